The van der Waals surface area contributed by atoms with Gasteiger partial charge in [-0.05, 0) is 14.0 Å². The fraction of sp³-hybridized carbons (Fsp3) is 0.727. The first-order valence-electron chi connectivity index (χ1n) is 5.57. The molecule has 4 nitrogen and oxygen atoms in total. The van der Waals surface area contributed by atoms with Gasteiger partial charge in [-0.3, -0.25) is 10.0 Å². The number of hydrogen-bond acceptors (Lipinski definition) is 4. The molecule has 0 saturated carbocycles. The van der Waals surface area contributed by atoms with Crippen LogP contribution in [-0.2, 0) is 0 Å². The fourth-order valence-electron chi connectivity index (χ4n) is 2.07. The molecule has 0 aromatic heterocycles. The zero-order chi connectivity index (χ0) is 11.7. The van der Waals surface area contributed by atoms with E-state index in [1.54, 1.807) is 0 Å². The van der Waals surface area contributed by atoms with Gasteiger partial charge >= 0.3 is 0 Å². The highest BCUT2D eigenvalue weighted by atomic mass is 127. The summed E-state index contributed by atoms with van der Waals surface area (Å²) in [4.78, 5) is 4.71. The van der Waals surface area contributed by atoms with E-state index in [1.807, 2.05) is 0 Å². The maximum atomic E-state index is 4.71. The monoisotopic (exact) mass is 332 g/mol. The predicted octanol–water partition coefficient (Wildman–Crippen LogP) is 1.92. The summed E-state index contributed by atoms with van der Waals surface area (Å²) in [5.74, 6) is 3.57. The lowest BCUT2D eigenvalue weighted by Gasteiger charge is -2.36. The maximum Gasteiger partial charge on any atom is 0.144 e. The Morgan fingerprint density at radius 2 is 2.38 bits per heavy atom. The van der Waals surface area contributed by atoms with Crippen molar-refractivity contribution in [3.8, 4) is 0 Å². The van der Waals surface area contributed by atoms with Gasteiger partial charge in [-0.15, -0.1) is 5.10 Å². The minimum absolute atomic E-state index is 0.196. The van der Waals surface area contributed by atoms with Crippen molar-refractivity contribution in [3.05, 3.63) is 5.57 Å². The molecule has 2 aliphatic rings. The maximum absolute atomic E-state index is 4.71. The lowest BCUT2D eigenvalue weighted by molar-refractivity contribution is 0.162. The van der Waals surface area contributed by atoms with Crippen LogP contribution in [0.4, 0.5) is 0 Å². The third kappa shape index (κ3) is 2.47. The molecule has 0 aliphatic carbocycles. The number of rotatable bonds is 2. The van der Waals surface area contributed by atoms with Crippen LogP contribution >= 0.6 is 22.9 Å². The van der Waals surface area contributed by atoms with Crippen LogP contribution in [0.2, 0.25) is 0 Å². The predicted molar refractivity (Wildman–Crippen MR) is 75.0 cm³/mol. The van der Waals surface area contributed by atoms with Crippen molar-refractivity contribution in [2.75, 3.05) is 20.1 Å². The topological polar surface area (TPSA) is 31.2 Å². The van der Waals surface area contributed by atoms with E-state index in [0.29, 0.717) is 5.92 Å². The average molecular weight is 332 g/mol. The van der Waals surface area contributed by atoms with Crippen molar-refractivity contribution in [2.24, 2.45) is 16.0 Å². The molecule has 0 bridgehead atoms. The molecule has 2 rings (SSSR count). The van der Waals surface area contributed by atoms with Crippen molar-refractivity contribution >= 4 is 34.4 Å². The Morgan fingerprint density at radius 1 is 1.62 bits per heavy atom. The second-order valence-corrected chi connectivity index (χ2v) is 6.13. The average Bonchev–Trinajstić information content (AvgIpc) is 2.22. The smallest absolute Gasteiger partial charge is 0.144 e. The molecule has 0 aromatic rings. The van der Waals surface area contributed by atoms with E-state index in [-0.39, 0.29) is 6.17 Å². The van der Waals surface area contributed by atoms with E-state index < -0.39 is 0 Å². The summed E-state index contributed by atoms with van der Waals surface area (Å²) in [6.45, 7) is 6.21. The van der Waals surface area contributed by atoms with Crippen LogP contribution < -0.4 is 0 Å². The molecular weight excluding hydrogens is 315 g/mol. The lowest BCUT2D eigenvalue weighted by Crippen LogP contribution is -2.43. The summed E-state index contributed by atoms with van der Waals surface area (Å²) in [5.41, 5.74) is 2.49. The highest BCUT2D eigenvalue weighted by Gasteiger charge is 2.31. The molecule has 0 spiro atoms. The molecule has 88 valence electrons. The fourth-order valence-corrected chi connectivity index (χ4v) is 2.44. The van der Waals surface area contributed by atoms with Crippen molar-refractivity contribution in [2.45, 2.75) is 26.4 Å². The van der Waals surface area contributed by atoms with Crippen LogP contribution in [0, 0.1) is 5.92 Å². The van der Waals surface area contributed by atoms with E-state index >= 15 is 0 Å². The molecule has 2 heterocycles. The number of likely N-dealkylation sites (N-methyl/N-ethyl adjacent to an activating group) is 1. The number of nitrogens with zero attached hydrogens (tertiary/aromatic N) is 4. The lowest BCUT2D eigenvalue weighted by atomic mass is 9.96. The Bertz CT molecular complexity index is 368. The number of aliphatic imine (C=N–C) groups is 1. The molecule has 2 aliphatic heterocycles. The van der Waals surface area contributed by atoms with Crippen LogP contribution in [0.3, 0.4) is 0 Å². The molecule has 0 radical (unpaired) electrons. The summed E-state index contributed by atoms with van der Waals surface area (Å²) in [5, 5.41) is 6.44. The first-order chi connectivity index (χ1) is 7.58. The van der Waals surface area contributed by atoms with Gasteiger partial charge in [0, 0.05) is 65.4 Å². The molecule has 16 heavy (non-hydrogen) atoms. The Kier molecular flexibility index (Phi) is 3.66. The van der Waals surface area contributed by atoms with Gasteiger partial charge in [0.05, 0.1) is 0 Å². The number of halogens is 1. The Labute approximate surface area is 111 Å². The van der Waals surface area contributed by atoms with E-state index in [2.05, 4.69) is 62.9 Å². The van der Waals surface area contributed by atoms with Gasteiger partial charge in [0.2, 0.25) is 0 Å². The van der Waals surface area contributed by atoms with Crippen molar-refractivity contribution in [1.82, 2.24) is 8.12 Å². The van der Waals surface area contributed by atoms with Gasteiger partial charge < -0.3 is 0 Å². The molecule has 0 saturated heterocycles. The van der Waals surface area contributed by atoms with Crippen LogP contribution in [-0.4, -0.2) is 46.0 Å². The van der Waals surface area contributed by atoms with Crippen LogP contribution in [0.25, 0.3) is 0 Å². The molecule has 0 N–H and O–H groups in total. The van der Waals surface area contributed by atoms with E-state index in [1.165, 1.54) is 11.3 Å². The van der Waals surface area contributed by atoms with Gasteiger partial charge in [0.25, 0.3) is 0 Å². The Balaban J connectivity index is 2.22. The third-order valence-electron chi connectivity index (χ3n) is 3.07. The van der Waals surface area contributed by atoms with Crippen molar-refractivity contribution in [3.63, 3.8) is 0 Å². The van der Waals surface area contributed by atoms with Crippen LogP contribution in [0.5, 0.6) is 0 Å². The summed E-state index contributed by atoms with van der Waals surface area (Å²) in [6.07, 6.45) is 1.22. The van der Waals surface area contributed by atoms with Gasteiger partial charge in [-0.1, -0.05) is 6.92 Å². The summed E-state index contributed by atoms with van der Waals surface area (Å²) in [7, 11) is 2.06. The van der Waals surface area contributed by atoms with Crippen LogP contribution in [0.1, 0.15) is 20.3 Å². The van der Waals surface area contributed by atoms with Crippen molar-refractivity contribution < 1.29 is 0 Å². The SMILES string of the molecule is CC1=NC2C(C)C(CN(C)I)=C=NN2CC1. The van der Waals surface area contributed by atoms with Crippen molar-refractivity contribution in [1.29, 1.82) is 0 Å². The Morgan fingerprint density at radius 3 is 3.06 bits per heavy atom. The molecule has 2 unspecified atom stereocenters. The normalized spacial score (nSPS) is 28.9. The van der Waals surface area contributed by atoms with Gasteiger partial charge in [0.1, 0.15) is 6.17 Å². The second kappa shape index (κ2) is 4.85. The minimum Gasteiger partial charge on any atom is -0.267 e. The van der Waals surface area contributed by atoms with Gasteiger partial charge in [-0.25, -0.2) is 3.11 Å². The highest BCUT2D eigenvalue weighted by molar-refractivity contribution is 14.1. The Hall–Kier alpha value is -0.390. The minimum atomic E-state index is 0.196. The van der Waals surface area contributed by atoms with Gasteiger partial charge in [-0.2, -0.15) is 0 Å². The first-order valence-corrected chi connectivity index (χ1v) is 6.53. The third-order valence-corrected chi connectivity index (χ3v) is 3.41. The molecule has 5 heteroatoms. The molecule has 0 fully saturated rings. The van der Waals surface area contributed by atoms with Gasteiger partial charge in [0.15, 0.2) is 0 Å². The summed E-state index contributed by atoms with van der Waals surface area (Å²) < 4.78 is 2.13. The zero-order valence-corrected chi connectivity index (χ0v) is 12.1. The van der Waals surface area contributed by atoms with Crippen LogP contribution in [0.15, 0.2) is 15.7 Å². The molecule has 0 aromatic carbocycles. The van der Waals surface area contributed by atoms with E-state index in [0.717, 1.165) is 19.5 Å². The quantitative estimate of drug-likeness (QED) is 0.572. The molecule has 2 atom stereocenters. The molecule has 0 amide bonds. The van der Waals surface area contributed by atoms with E-state index in [9.17, 15) is 0 Å². The zero-order valence-electron chi connectivity index (χ0n) is 9.94. The van der Waals surface area contributed by atoms with E-state index in [4.69, 9.17) is 4.99 Å². The largest absolute Gasteiger partial charge is 0.267 e. The molecular formula is C11H17IN4. The highest BCUT2D eigenvalue weighted by Crippen LogP contribution is 2.26. The number of fused-ring (bicyclic) bond motifs is 1. The standard InChI is InChI=1S/C11H17IN4/c1-8-4-5-16-11(14-8)9(2)10(6-13-16)7-15(3)12/h9,11H,4-5,7H2,1-3H3. The second-order valence-electron chi connectivity index (χ2n) is 4.48. The number of hydrazone groups is 1. The summed E-state index contributed by atoms with van der Waals surface area (Å²) >= 11 is 2.29. The number of hydrogen-bond donors (Lipinski definition) is 0. The first kappa shape index (κ1) is 12.1. The summed E-state index contributed by atoms with van der Waals surface area (Å²) in [6, 6.07) is 0.